The zero-order valence-corrected chi connectivity index (χ0v) is 12.2. The summed E-state index contributed by atoms with van der Waals surface area (Å²) in [7, 11) is 0. The first-order valence-electron chi connectivity index (χ1n) is 7.07. The van der Waals surface area contributed by atoms with Gasteiger partial charge in [0.15, 0.2) is 5.82 Å². The van der Waals surface area contributed by atoms with E-state index in [4.69, 9.17) is 10.2 Å². The minimum absolute atomic E-state index is 0.632. The zero-order chi connectivity index (χ0) is 14.8. The van der Waals surface area contributed by atoms with Crippen LogP contribution in [0.15, 0.2) is 36.5 Å². The number of pyridine rings is 1. The molecule has 0 spiro atoms. The summed E-state index contributed by atoms with van der Waals surface area (Å²) in [6.45, 7) is 5.07. The molecule has 3 rings (SSSR count). The number of nitriles is 1. The topological polar surface area (TPSA) is 54.5 Å². The molecule has 0 amide bonds. The normalized spacial score (nSPS) is 10.7. The van der Waals surface area contributed by atoms with Crippen LogP contribution in [0.2, 0.25) is 0 Å². The summed E-state index contributed by atoms with van der Waals surface area (Å²) in [6, 6.07) is 11.8. The molecule has 0 bridgehead atoms. The Morgan fingerprint density at radius 2 is 2.14 bits per heavy atom. The van der Waals surface area contributed by atoms with Gasteiger partial charge in [0.1, 0.15) is 5.69 Å². The van der Waals surface area contributed by atoms with Crippen molar-refractivity contribution in [2.24, 2.45) is 0 Å². The van der Waals surface area contributed by atoms with Crippen LogP contribution in [0.4, 0.5) is 0 Å². The van der Waals surface area contributed by atoms with Crippen molar-refractivity contribution >= 4 is 11.0 Å². The molecule has 104 valence electrons. The maximum absolute atomic E-state index is 9.04. The van der Waals surface area contributed by atoms with Crippen molar-refractivity contribution in [1.29, 1.82) is 5.26 Å². The predicted molar refractivity (Wildman–Crippen MR) is 82.7 cm³/mol. The van der Waals surface area contributed by atoms with Crippen LogP contribution in [0.3, 0.4) is 0 Å². The summed E-state index contributed by atoms with van der Waals surface area (Å²) >= 11 is 0. The van der Waals surface area contributed by atoms with E-state index in [-0.39, 0.29) is 0 Å². The summed E-state index contributed by atoms with van der Waals surface area (Å²) < 4.78 is 2.19. The maximum atomic E-state index is 9.04. The maximum Gasteiger partial charge on any atom is 0.160 e. The lowest BCUT2D eigenvalue weighted by Crippen LogP contribution is -2.02. The molecule has 0 unspecified atom stereocenters. The SMILES string of the molecule is CCCn1c(-c2ncccc2C)nc2cc(C#N)ccc21. The van der Waals surface area contributed by atoms with Crippen molar-refractivity contribution < 1.29 is 0 Å². The van der Waals surface area contributed by atoms with E-state index in [9.17, 15) is 0 Å². The van der Waals surface area contributed by atoms with Crippen LogP contribution in [0.1, 0.15) is 24.5 Å². The van der Waals surface area contributed by atoms with Gasteiger partial charge in [0, 0.05) is 12.7 Å². The average molecular weight is 276 g/mol. The molecule has 0 fully saturated rings. The quantitative estimate of drug-likeness (QED) is 0.733. The first-order chi connectivity index (χ1) is 10.2. The van der Waals surface area contributed by atoms with Crippen molar-refractivity contribution in [3.63, 3.8) is 0 Å². The van der Waals surface area contributed by atoms with Crippen LogP contribution >= 0.6 is 0 Å². The second-order valence-corrected chi connectivity index (χ2v) is 5.07. The molecule has 4 heteroatoms. The fourth-order valence-corrected chi connectivity index (χ4v) is 2.55. The van der Waals surface area contributed by atoms with E-state index < -0.39 is 0 Å². The molecule has 2 aromatic heterocycles. The van der Waals surface area contributed by atoms with Gasteiger partial charge < -0.3 is 4.57 Å². The van der Waals surface area contributed by atoms with Crippen molar-refractivity contribution in [2.75, 3.05) is 0 Å². The number of aromatic nitrogens is 3. The van der Waals surface area contributed by atoms with Crippen LogP contribution < -0.4 is 0 Å². The predicted octanol–water partition coefficient (Wildman–Crippen LogP) is 3.69. The van der Waals surface area contributed by atoms with Gasteiger partial charge in [-0.3, -0.25) is 4.98 Å². The van der Waals surface area contributed by atoms with Crippen molar-refractivity contribution in [2.45, 2.75) is 26.8 Å². The number of hydrogen-bond donors (Lipinski definition) is 0. The van der Waals surface area contributed by atoms with Crippen LogP contribution in [-0.2, 0) is 6.54 Å². The molecule has 0 aliphatic carbocycles. The molecule has 0 aliphatic rings. The number of hydrogen-bond acceptors (Lipinski definition) is 3. The summed E-state index contributed by atoms with van der Waals surface area (Å²) in [6.07, 6.45) is 2.81. The molecule has 21 heavy (non-hydrogen) atoms. The van der Waals surface area contributed by atoms with E-state index in [0.717, 1.165) is 41.1 Å². The van der Waals surface area contributed by atoms with Gasteiger partial charge in [-0.25, -0.2) is 4.98 Å². The van der Waals surface area contributed by atoms with Gasteiger partial charge in [-0.1, -0.05) is 13.0 Å². The van der Waals surface area contributed by atoms with E-state index in [1.165, 1.54) is 0 Å². The molecule has 0 radical (unpaired) electrons. The fourth-order valence-electron chi connectivity index (χ4n) is 2.55. The second-order valence-electron chi connectivity index (χ2n) is 5.07. The van der Waals surface area contributed by atoms with E-state index in [1.54, 1.807) is 6.20 Å². The molecule has 4 nitrogen and oxygen atoms in total. The van der Waals surface area contributed by atoms with Gasteiger partial charge in [0.25, 0.3) is 0 Å². The Hall–Kier alpha value is -2.67. The van der Waals surface area contributed by atoms with Crippen LogP contribution in [0.5, 0.6) is 0 Å². The van der Waals surface area contributed by atoms with Gasteiger partial charge in [0.2, 0.25) is 0 Å². The van der Waals surface area contributed by atoms with Crippen LogP contribution in [0.25, 0.3) is 22.6 Å². The highest BCUT2D eigenvalue weighted by Crippen LogP contribution is 2.26. The fraction of sp³-hybridized carbons (Fsp3) is 0.235. The number of imidazole rings is 1. The Morgan fingerprint density at radius 1 is 1.29 bits per heavy atom. The number of nitrogens with zero attached hydrogens (tertiary/aromatic N) is 4. The Labute approximate surface area is 123 Å². The second kappa shape index (κ2) is 5.37. The Morgan fingerprint density at radius 3 is 2.86 bits per heavy atom. The third-order valence-corrected chi connectivity index (χ3v) is 3.55. The summed E-state index contributed by atoms with van der Waals surface area (Å²) in [5.74, 6) is 0.875. The summed E-state index contributed by atoms with van der Waals surface area (Å²) in [4.78, 5) is 9.20. The molecule has 0 saturated carbocycles. The van der Waals surface area contributed by atoms with Crippen molar-refractivity contribution in [3.05, 3.63) is 47.7 Å². The van der Waals surface area contributed by atoms with Crippen molar-refractivity contribution in [1.82, 2.24) is 14.5 Å². The number of rotatable bonds is 3. The third kappa shape index (κ3) is 2.27. The Kier molecular flexibility index (Phi) is 3.41. The highest BCUT2D eigenvalue weighted by Gasteiger charge is 2.15. The number of aryl methyl sites for hydroxylation is 2. The summed E-state index contributed by atoms with van der Waals surface area (Å²) in [5, 5.41) is 9.04. The number of benzene rings is 1. The first-order valence-corrected chi connectivity index (χ1v) is 7.07. The smallest absolute Gasteiger partial charge is 0.160 e. The average Bonchev–Trinajstić information content (AvgIpc) is 2.86. The standard InChI is InChI=1S/C17H16N4/c1-3-9-21-15-7-6-13(11-18)10-14(15)20-17(21)16-12(2)5-4-8-19-16/h4-8,10H,3,9H2,1-2H3. The third-order valence-electron chi connectivity index (χ3n) is 3.55. The largest absolute Gasteiger partial charge is 0.323 e. The highest BCUT2D eigenvalue weighted by molar-refractivity contribution is 5.81. The van der Waals surface area contributed by atoms with Gasteiger partial charge in [-0.2, -0.15) is 5.26 Å². The molecule has 3 aromatic rings. The van der Waals surface area contributed by atoms with E-state index in [0.29, 0.717) is 5.56 Å². The van der Waals surface area contributed by atoms with Gasteiger partial charge >= 0.3 is 0 Å². The lowest BCUT2D eigenvalue weighted by molar-refractivity contribution is 0.702. The number of fused-ring (bicyclic) bond motifs is 1. The Balaban J connectivity index is 2.29. The molecule has 2 heterocycles. The molecular formula is C17H16N4. The molecule has 1 aromatic carbocycles. The Bertz CT molecular complexity index is 840. The first kappa shape index (κ1) is 13.3. The minimum Gasteiger partial charge on any atom is -0.323 e. The van der Waals surface area contributed by atoms with Crippen LogP contribution in [-0.4, -0.2) is 14.5 Å². The summed E-state index contributed by atoms with van der Waals surface area (Å²) in [5.41, 5.74) is 4.54. The minimum atomic E-state index is 0.632. The zero-order valence-electron chi connectivity index (χ0n) is 12.2. The monoisotopic (exact) mass is 276 g/mol. The van der Waals surface area contributed by atoms with Crippen LogP contribution in [0, 0.1) is 18.3 Å². The van der Waals surface area contributed by atoms with Gasteiger partial charge in [-0.05, 0) is 43.2 Å². The molecule has 0 atom stereocenters. The molecular weight excluding hydrogens is 260 g/mol. The van der Waals surface area contributed by atoms with Crippen molar-refractivity contribution in [3.8, 4) is 17.6 Å². The lowest BCUT2D eigenvalue weighted by atomic mass is 10.2. The lowest BCUT2D eigenvalue weighted by Gasteiger charge is -2.08. The van der Waals surface area contributed by atoms with E-state index >= 15 is 0 Å². The van der Waals surface area contributed by atoms with Gasteiger partial charge in [-0.15, -0.1) is 0 Å². The molecule has 0 saturated heterocycles. The van der Waals surface area contributed by atoms with E-state index in [1.807, 2.05) is 37.3 Å². The van der Waals surface area contributed by atoms with E-state index in [2.05, 4.69) is 22.5 Å². The molecule has 0 aliphatic heterocycles. The highest BCUT2D eigenvalue weighted by atomic mass is 15.1. The van der Waals surface area contributed by atoms with Gasteiger partial charge in [0.05, 0.1) is 22.7 Å². The molecule has 0 N–H and O–H groups in total.